The zero-order valence-corrected chi connectivity index (χ0v) is 5.94. The molecule has 0 aliphatic carbocycles. The van der Waals surface area contributed by atoms with Crippen molar-refractivity contribution in [3.05, 3.63) is 12.3 Å². The van der Waals surface area contributed by atoms with E-state index in [0.29, 0.717) is 5.82 Å². The summed E-state index contributed by atoms with van der Waals surface area (Å²) < 4.78 is 4.49. The number of rotatable bonds is 3. The highest BCUT2D eigenvalue weighted by molar-refractivity contribution is 5.76. The standard InChI is InChI=1S/C6H8N2O3/c1-4(6(9)10)7-5-2-3-11-8-5/h2-4H,1H3,(H,7,8)(H,9,10)/t4-/m0/s1. The van der Waals surface area contributed by atoms with Crippen molar-refractivity contribution >= 4 is 11.8 Å². The zero-order chi connectivity index (χ0) is 8.27. The Kier molecular flexibility index (Phi) is 2.10. The van der Waals surface area contributed by atoms with Gasteiger partial charge in [-0.05, 0) is 6.92 Å². The number of hydrogen-bond donors (Lipinski definition) is 2. The molecule has 0 bridgehead atoms. The van der Waals surface area contributed by atoms with E-state index in [2.05, 4.69) is 15.0 Å². The third-order valence-corrected chi connectivity index (χ3v) is 1.17. The quantitative estimate of drug-likeness (QED) is 0.668. The topological polar surface area (TPSA) is 75.4 Å². The fraction of sp³-hybridized carbons (Fsp3) is 0.333. The average molecular weight is 156 g/mol. The van der Waals surface area contributed by atoms with Crippen LogP contribution >= 0.6 is 0 Å². The largest absolute Gasteiger partial charge is 0.480 e. The van der Waals surface area contributed by atoms with Crippen LogP contribution in [0.2, 0.25) is 0 Å². The molecule has 0 amide bonds. The zero-order valence-electron chi connectivity index (χ0n) is 5.94. The Hall–Kier alpha value is -1.52. The summed E-state index contributed by atoms with van der Waals surface area (Å²) in [6.07, 6.45) is 1.37. The molecule has 5 heteroatoms. The molecule has 0 aliphatic heterocycles. The molecule has 0 spiro atoms. The fourth-order valence-corrected chi connectivity index (χ4v) is 0.571. The maximum atomic E-state index is 10.3. The van der Waals surface area contributed by atoms with Crippen LogP contribution in [0.25, 0.3) is 0 Å². The molecule has 0 radical (unpaired) electrons. The van der Waals surface area contributed by atoms with Crippen molar-refractivity contribution in [3.63, 3.8) is 0 Å². The Balaban J connectivity index is 2.50. The summed E-state index contributed by atoms with van der Waals surface area (Å²) in [5, 5.41) is 14.6. The fourth-order valence-electron chi connectivity index (χ4n) is 0.571. The lowest BCUT2D eigenvalue weighted by molar-refractivity contribution is -0.137. The first-order chi connectivity index (χ1) is 5.20. The normalized spacial score (nSPS) is 12.5. The van der Waals surface area contributed by atoms with Gasteiger partial charge in [-0.1, -0.05) is 5.16 Å². The monoisotopic (exact) mass is 156 g/mol. The van der Waals surface area contributed by atoms with Crippen molar-refractivity contribution in [3.8, 4) is 0 Å². The molecular formula is C6H8N2O3. The van der Waals surface area contributed by atoms with Crippen molar-refractivity contribution in [2.45, 2.75) is 13.0 Å². The number of nitrogens with zero attached hydrogens (tertiary/aromatic N) is 1. The van der Waals surface area contributed by atoms with E-state index in [-0.39, 0.29) is 0 Å². The van der Waals surface area contributed by atoms with Gasteiger partial charge in [-0.15, -0.1) is 0 Å². The highest BCUT2D eigenvalue weighted by atomic mass is 16.5. The predicted molar refractivity (Wildman–Crippen MR) is 37.2 cm³/mol. The van der Waals surface area contributed by atoms with E-state index in [1.165, 1.54) is 13.2 Å². The molecule has 0 fully saturated rings. The van der Waals surface area contributed by atoms with Crippen molar-refractivity contribution in [2.75, 3.05) is 5.32 Å². The Labute approximate surface area is 63.0 Å². The number of carbonyl (C=O) groups is 1. The van der Waals surface area contributed by atoms with Gasteiger partial charge in [0.15, 0.2) is 5.82 Å². The van der Waals surface area contributed by atoms with Gasteiger partial charge in [0.1, 0.15) is 12.3 Å². The van der Waals surface area contributed by atoms with Gasteiger partial charge in [-0.2, -0.15) is 0 Å². The molecule has 1 aromatic heterocycles. The SMILES string of the molecule is C[C@H](Nc1ccon1)C(=O)O. The number of aliphatic carboxylic acids is 1. The molecule has 0 saturated carbocycles. The molecule has 5 nitrogen and oxygen atoms in total. The van der Waals surface area contributed by atoms with Gasteiger partial charge in [-0.3, -0.25) is 4.79 Å². The first kappa shape index (κ1) is 7.59. The van der Waals surface area contributed by atoms with Crippen LogP contribution in [0.15, 0.2) is 16.9 Å². The first-order valence-electron chi connectivity index (χ1n) is 3.10. The third kappa shape index (κ3) is 1.96. The van der Waals surface area contributed by atoms with Crippen molar-refractivity contribution in [2.24, 2.45) is 0 Å². The number of anilines is 1. The first-order valence-corrected chi connectivity index (χ1v) is 3.10. The van der Waals surface area contributed by atoms with Gasteiger partial charge in [0.05, 0.1) is 0 Å². The molecule has 0 aromatic carbocycles. The summed E-state index contributed by atoms with van der Waals surface area (Å²) >= 11 is 0. The van der Waals surface area contributed by atoms with Crippen molar-refractivity contribution in [1.82, 2.24) is 5.16 Å². The second kappa shape index (κ2) is 3.05. The number of carboxylic acids is 1. The molecule has 0 saturated heterocycles. The molecule has 60 valence electrons. The van der Waals surface area contributed by atoms with Gasteiger partial charge in [0.25, 0.3) is 0 Å². The lowest BCUT2D eigenvalue weighted by atomic mass is 10.3. The second-order valence-corrected chi connectivity index (χ2v) is 2.09. The van der Waals surface area contributed by atoms with Gasteiger partial charge >= 0.3 is 5.97 Å². The van der Waals surface area contributed by atoms with Crippen LogP contribution in [0.5, 0.6) is 0 Å². The Morgan fingerprint density at radius 2 is 2.64 bits per heavy atom. The Bertz CT molecular complexity index is 232. The Morgan fingerprint density at radius 3 is 3.09 bits per heavy atom. The molecule has 1 heterocycles. The summed E-state index contributed by atoms with van der Waals surface area (Å²) in [6, 6.07) is 0.902. The lowest BCUT2D eigenvalue weighted by Crippen LogP contribution is -2.25. The second-order valence-electron chi connectivity index (χ2n) is 2.09. The number of aromatic nitrogens is 1. The summed E-state index contributed by atoms with van der Waals surface area (Å²) in [4.78, 5) is 10.3. The molecule has 1 aromatic rings. The van der Waals surface area contributed by atoms with Crippen LogP contribution < -0.4 is 5.32 Å². The number of hydrogen-bond acceptors (Lipinski definition) is 4. The third-order valence-electron chi connectivity index (χ3n) is 1.17. The Morgan fingerprint density at radius 1 is 1.91 bits per heavy atom. The molecular weight excluding hydrogens is 148 g/mol. The van der Waals surface area contributed by atoms with E-state index in [1.807, 2.05) is 0 Å². The van der Waals surface area contributed by atoms with Crippen LogP contribution in [-0.2, 0) is 4.79 Å². The van der Waals surface area contributed by atoms with Crippen molar-refractivity contribution < 1.29 is 14.4 Å². The average Bonchev–Trinajstić information content (AvgIpc) is 2.39. The number of carboxylic acid groups (broad SMARTS) is 1. The van der Waals surface area contributed by atoms with Crippen LogP contribution in [0.1, 0.15) is 6.92 Å². The van der Waals surface area contributed by atoms with Gasteiger partial charge < -0.3 is 14.9 Å². The summed E-state index contributed by atoms with van der Waals surface area (Å²) in [5.74, 6) is -0.493. The van der Waals surface area contributed by atoms with Gasteiger partial charge in [0.2, 0.25) is 0 Å². The molecule has 0 aliphatic rings. The minimum atomic E-state index is -0.923. The maximum absolute atomic E-state index is 10.3. The summed E-state index contributed by atoms with van der Waals surface area (Å²) in [6.45, 7) is 1.52. The minimum absolute atomic E-state index is 0.430. The highest BCUT2D eigenvalue weighted by Gasteiger charge is 2.10. The maximum Gasteiger partial charge on any atom is 0.325 e. The van der Waals surface area contributed by atoms with Gasteiger partial charge in [-0.25, -0.2) is 0 Å². The van der Waals surface area contributed by atoms with E-state index in [4.69, 9.17) is 5.11 Å². The van der Waals surface area contributed by atoms with E-state index in [0.717, 1.165) is 0 Å². The van der Waals surface area contributed by atoms with Crippen molar-refractivity contribution in [1.29, 1.82) is 0 Å². The summed E-state index contributed by atoms with van der Waals surface area (Å²) in [7, 11) is 0. The predicted octanol–water partition coefficient (Wildman–Crippen LogP) is 0.560. The van der Waals surface area contributed by atoms with E-state index >= 15 is 0 Å². The molecule has 0 unspecified atom stereocenters. The van der Waals surface area contributed by atoms with E-state index in [9.17, 15) is 4.79 Å². The van der Waals surface area contributed by atoms with Crippen LogP contribution in [-0.4, -0.2) is 22.3 Å². The number of nitrogens with one attached hydrogen (secondary N) is 1. The molecule has 11 heavy (non-hydrogen) atoms. The van der Waals surface area contributed by atoms with Crippen LogP contribution in [0.4, 0.5) is 5.82 Å². The van der Waals surface area contributed by atoms with Gasteiger partial charge in [0, 0.05) is 6.07 Å². The van der Waals surface area contributed by atoms with Crippen LogP contribution in [0.3, 0.4) is 0 Å². The molecule has 1 atom stereocenters. The minimum Gasteiger partial charge on any atom is -0.480 e. The van der Waals surface area contributed by atoms with E-state index < -0.39 is 12.0 Å². The lowest BCUT2D eigenvalue weighted by Gasteiger charge is -2.05. The van der Waals surface area contributed by atoms with Crippen LogP contribution in [0, 0.1) is 0 Å². The summed E-state index contributed by atoms with van der Waals surface area (Å²) in [5.41, 5.74) is 0. The molecule has 2 N–H and O–H groups in total. The smallest absolute Gasteiger partial charge is 0.325 e. The van der Waals surface area contributed by atoms with E-state index in [1.54, 1.807) is 6.07 Å². The highest BCUT2D eigenvalue weighted by Crippen LogP contribution is 2.02. The molecule has 1 rings (SSSR count).